The first kappa shape index (κ1) is 26.1. The largest absolute Gasteiger partial charge is 0.493 e. The maximum absolute atomic E-state index is 13.1. The SMILES string of the molecule is COCCCN1C(=O)/C(=C/c2cn(-c3ccccc3)nc2-c2ccc(OCC(C)C)cc2C)SC1=S. The molecule has 0 N–H and O–H groups in total. The monoisotopic (exact) mass is 521 g/mol. The van der Waals surface area contributed by atoms with E-state index < -0.39 is 0 Å². The molecule has 0 atom stereocenters. The second kappa shape index (κ2) is 11.9. The third-order valence-corrected chi connectivity index (χ3v) is 7.07. The molecule has 1 aliphatic rings. The molecule has 0 saturated carbocycles. The molecule has 0 bridgehead atoms. The lowest BCUT2D eigenvalue weighted by Crippen LogP contribution is -2.29. The van der Waals surface area contributed by atoms with Crippen LogP contribution in [0.3, 0.4) is 0 Å². The third kappa shape index (κ3) is 6.06. The first-order valence-corrected chi connectivity index (χ1v) is 13.2. The molecule has 0 aliphatic carbocycles. The maximum atomic E-state index is 13.1. The fourth-order valence-electron chi connectivity index (χ4n) is 3.87. The Morgan fingerprint density at radius 2 is 1.94 bits per heavy atom. The molecule has 1 fully saturated rings. The number of thiocarbonyl (C=S) groups is 1. The topological polar surface area (TPSA) is 56.6 Å². The zero-order chi connectivity index (χ0) is 25.7. The minimum atomic E-state index is -0.0753. The fraction of sp³-hybridized carbons (Fsp3) is 0.321. The minimum absolute atomic E-state index is 0.0753. The average Bonchev–Trinajstić information content (AvgIpc) is 3.39. The number of hydrogen-bond acceptors (Lipinski definition) is 6. The molecule has 4 rings (SSSR count). The first-order valence-electron chi connectivity index (χ1n) is 12.0. The fourth-order valence-corrected chi connectivity index (χ4v) is 5.17. The molecule has 1 aromatic heterocycles. The van der Waals surface area contributed by atoms with E-state index in [4.69, 9.17) is 26.8 Å². The number of carbonyl (C=O) groups is 1. The number of aryl methyl sites for hydroxylation is 1. The summed E-state index contributed by atoms with van der Waals surface area (Å²) in [7, 11) is 1.65. The highest BCUT2D eigenvalue weighted by molar-refractivity contribution is 8.26. The summed E-state index contributed by atoms with van der Waals surface area (Å²) in [6.07, 6.45) is 4.60. The number of aromatic nitrogens is 2. The summed E-state index contributed by atoms with van der Waals surface area (Å²) in [5.74, 6) is 1.21. The number of carbonyl (C=O) groups excluding carboxylic acids is 1. The molecular formula is C28H31N3O3S2. The molecule has 0 spiro atoms. The van der Waals surface area contributed by atoms with Crippen molar-refractivity contribution in [2.24, 2.45) is 5.92 Å². The smallest absolute Gasteiger partial charge is 0.266 e. The Morgan fingerprint density at radius 3 is 2.64 bits per heavy atom. The number of hydrogen-bond donors (Lipinski definition) is 0. The molecular weight excluding hydrogens is 490 g/mol. The highest BCUT2D eigenvalue weighted by Crippen LogP contribution is 2.36. The number of amides is 1. The Bertz CT molecular complexity index is 1270. The van der Waals surface area contributed by atoms with E-state index in [1.54, 1.807) is 12.0 Å². The van der Waals surface area contributed by atoms with Crippen molar-refractivity contribution in [2.75, 3.05) is 26.9 Å². The van der Waals surface area contributed by atoms with Gasteiger partial charge in [-0.1, -0.05) is 56.0 Å². The molecule has 188 valence electrons. The summed E-state index contributed by atoms with van der Waals surface area (Å²) in [5.41, 5.74) is 4.64. The van der Waals surface area contributed by atoms with Gasteiger partial charge in [0.15, 0.2) is 0 Å². The van der Waals surface area contributed by atoms with E-state index in [1.165, 1.54) is 11.8 Å². The van der Waals surface area contributed by atoms with Gasteiger partial charge in [0, 0.05) is 37.6 Å². The summed E-state index contributed by atoms with van der Waals surface area (Å²) in [5, 5.41) is 4.93. The number of nitrogens with zero attached hydrogens (tertiary/aromatic N) is 3. The van der Waals surface area contributed by atoms with Gasteiger partial charge < -0.3 is 9.47 Å². The number of para-hydroxylation sites is 1. The van der Waals surface area contributed by atoms with Crippen LogP contribution in [0.4, 0.5) is 0 Å². The van der Waals surface area contributed by atoms with Gasteiger partial charge >= 0.3 is 0 Å². The van der Waals surface area contributed by atoms with Crippen molar-refractivity contribution >= 4 is 40.3 Å². The van der Waals surface area contributed by atoms with E-state index in [9.17, 15) is 4.79 Å². The van der Waals surface area contributed by atoms with Crippen LogP contribution in [0.15, 0.2) is 59.6 Å². The van der Waals surface area contributed by atoms with Crippen molar-refractivity contribution in [2.45, 2.75) is 27.2 Å². The van der Waals surface area contributed by atoms with Gasteiger partial charge in [-0.2, -0.15) is 5.10 Å². The average molecular weight is 522 g/mol. The van der Waals surface area contributed by atoms with E-state index in [0.717, 1.165) is 40.2 Å². The zero-order valence-corrected chi connectivity index (χ0v) is 22.7. The van der Waals surface area contributed by atoms with Crippen LogP contribution in [0, 0.1) is 12.8 Å². The predicted molar refractivity (Wildman–Crippen MR) is 150 cm³/mol. The summed E-state index contributed by atoms with van der Waals surface area (Å²) in [6, 6.07) is 16.0. The lowest BCUT2D eigenvalue weighted by Gasteiger charge is -2.13. The van der Waals surface area contributed by atoms with Crippen molar-refractivity contribution in [1.82, 2.24) is 14.7 Å². The van der Waals surface area contributed by atoms with Crippen LogP contribution in [0.5, 0.6) is 5.75 Å². The van der Waals surface area contributed by atoms with Gasteiger partial charge in [-0.05, 0) is 61.2 Å². The van der Waals surface area contributed by atoms with Crippen LogP contribution in [-0.2, 0) is 9.53 Å². The number of rotatable bonds is 10. The quantitative estimate of drug-likeness (QED) is 0.182. The van der Waals surface area contributed by atoms with Crippen LogP contribution >= 0.6 is 24.0 Å². The maximum Gasteiger partial charge on any atom is 0.266 e. The molecule has 2 aromatic carbocycles. The van der Waals surface area contributed by atoms with E-state index in [1.807, 2.05) is 65.5 Å². The second-order valence-electron chi connectivity index (χ2n) is 9.07. The third-order valence-electron chi connectivity index (χ3n) is 5.69. The van der Waals surface area contributed by atoms with E-state index in [2.05, 4.69) is 20.8 Å². The van der Waals surface area contributed by atoms with Crippen LogP contribution in [0.2, 0.25) is 0 Å². The van der Waals surface area contributed by atoms with E-state index in [0.29, 0.717) is 34.9 Å². The van der Waals surface area contributed by atoms with Gasteiger partial charge in [0.25, 0.3) is 5.91 Å². The summed E-state index contributed by atoms with van der Waals surface area (Å²) >= 11 is 6.83. The van der Waals surface area contributed by atoms with E-state index >= 15 is 0 Å². The lowest BCUT2D eigenvalue weighted by molar-refractivity contribution is -0.122. The second-order valence-corrected chi connectivity index (χ2v) is 10.8. The Kier molecular flexibility index (Phi) is 8.61. The summed E-state index contributed by atoms with van der Waals surface area (Å²) in [4.78, 5) is 15.4. The molecule has 0 unspecified atom stereocenters. The molecule has 0 radical (unpaired) electrons. The van der Waals surface area contributed by atoms with Gasteiger partial charge in [0.1, 0.15) is 15.8 Å². The molecule has 8 heteroatoms. The van der Waals surface area contributed by atoms with Crippen molar-refractivity contribution in [3.63, 3.8) is 0 Å². The zero-order valence-electron chi connectivity index (χ0n) is 21.1. The van der Waals surface area contributed by atoms with Gasteiger partial charge in [-0.25, -0.2) is 4.68 Å². The van der Waals surface area contributed by atoms with Crippen molar-refractivity contribution in [1.29, 1.82) is 0 Å². The number of ether oxygens (including phenoxy) is 2. The van der Waals surface area contributed by atoms with Gasteiger partial charge in [-0.3, -0.25) is 9.69 Å². The Morgan fingerprint density at radius 1 is 1.17 bits per heavy atom. The molecule has 36 heavy (non-hydrogen) atoms. The molecule has 2 heterocycles. The molecule has 6 nitrogen and oxygen atoms in total. The highest BCUT2D eigenvalue weighted by Gasteiger charge is 2.32. The standard InChI is InChI=1S/C28H31N3O3S2/c1-19(2)18-34-23-11-12-24(20(3)15-23)26-21(17-31(29-26)22-9-6-5-7-10-22)16-25-27(32)30(28(35)36-25)13-8-14-33-4/h5-7,9-12,15-17,19H,8,13-14,18H2,1-4H3/b25-16-. The Labute approximate surface area is 222 Å². The van der Waals surface area contributed by atoms with Gasteiger partial charge in [-0.15, -0.1) is 0 Å². The Hall–Kier alpha value is -2.94. The van der Waals surface area contributed by atoms with Crippen LogP contribution in [0.1, 0.15) is 31.4 Å². The first-order chi connectivity index (χ1) is 17.4. The van der Waals surface area contributed by atoms with Gasteiger partial charge in [0.2, 0.25) is 0 Å². The molecule has 1 amide bonds. The molecule has 3 aromatic rings. The Balaban J connectivity index is 1.71. The van der Waals surface area contributed by atoms with Crippen LogP contribution in [-0.4, -0.2) is 51.8 Å². The van der Waals surface area contributed by atoms with Crippen LogP contribution in [0.25, 0.3) is 23.0 Å². The number of benzene rings is 2. The minimum Gasteiger partial charge on any atom is -0.493 e. The molecule has 1 aliphatic heterocycles. The van der Waals surface area contributed by atoms with Crippen molar-refractivity contribution in [3.05, 3.63) is 70.8 Å². The summed E-state index contributed by atoms with van der Waals surface area (Å²) < 4.78 is 13.5. The normalized spacial score (nSPS) is 14.9. The predicted octanol–water partition coefficient (Wildman–Crippen LogP) is 6.12. The van der Waals surface area contributed by atoms with Gasteiger partial charge in [0.05, 0.1) is 17.2 Å². The summed E-state index contributed by atoms with van der Waals surface area (Å²) in [6.45, 7) is 8.11. The van der Waals surface area contributed by atoms with Crippen molar-refractivity contribution < 1.29 is 14.3 Å². The van der Waals surface area contributed by atoms with Crippen molar-refractivity contribution in [3.8, 4) is 22.7 Å². The number of thioether (sulfide) groups is 1. The van der Waals surface area contributed by atoms with Crippen LogP contribution < -0.4 is 4.74 Å². The molecule has 1 saturated heterocycles. The lowest BCUT2D eigenvalue weighted by atomic mass is 10.0. The highest BCUT2D eigenvalue weighted by atomic mass is 32.2. The number of methoxy groups -OCH3 is 1. The van der Waals surface area contributed by atoms with E-state index in [-0.39, 0.29) is 5.91 Å².